The minimum Gasteiger partial charge on any atom is -0.477 e. The van der Waals surface area contributed by atoms with Crippen molar-refractivity contribution in [1.82, 2.24) is 9.62 Å². The Bertz CT molecular complexity index is 951. The van der Waals surface area contributed by atoms with Gasteiger partial charge < -0.3 is 14.5 Å². The number of ether oxygens (including phenoxy) is 1. The Labute approximate surface area is 161 Å². The number of nitrogens with one attached hydrogen (secondary N) is 1. The zero-order chi connectivity index (χ0) is 20.1. The van der Waals surface area contributed by atoms with Crippen molar-refractivity contribution in [3.8, 4) is 5.75 Å². The van der Waals surface area contributed by atoms with Crippen LogP contribution in [0.4, 0.5) is 5.69 Å². The quantitative estimate of drug-likeness (QED) is 0.518. The van der Waals surface area contributed by atoms with Gasteiger partial charge in [-0.05, 0) is 37.1 Å². The first-order valence-electron chi connectivity index (χ1n) is 8.58. The number of rotatable bonds is 8. The first-order valence-corrected chi connectivity index (χ1v) is 10.0. The molecule has 1 fully saturated rings. The summed E-state index contributed by atoms with van der Waals surface area (Å²) in [6.45, 7) is 0.485. The van der Waals surface area contributed by atoms with Gasteiger partial charge in [0.05, 0.1) is 22.6 Å². The Morgan fingerprint density at radius 3 is 2.68 bits per heavy atom. The number of sulfonamides is 1. The van der Waals surface area contributed by atoms with Gasteiger partial charge in [-0.25, -0.2) is 8.42 Å². The lowest BCUT2D eigenvalue weighted by molar-refractivity contribution is -0.386. The van der Waals surface area contributed by atoms with Gasteiger partial charge in [-0.1, -0.05) is 0 Å². The third kappa shape index (κ3) is 4.49. The van der Waals surface area contributed by atoms with E-state index in [-0.39, 0.29) is 17.2 Å². The molecule has 150 valence electrons. The fraction of sp³-hybridized carbons (Fsp3) is 0.353. The molecule has 28 heavy (non-hydrogen) atoms. The van der Waals surface area contributed by atoms with E-state index < -0.39 is 33.1 Å². The van der Waals surface area contributed by atoms with Crippen molar-refractivity contribution in [3.63, 3.8) is 0 Å². The molecule has 2 heterocycles. The van der Waals surface area contributed by atoms with Crippen molar-refractivity contribution in [3.05, 3.63) is 52.5 Å². The summed E-state index contributed by atoms with van der Waals surface area (Å²) in [5, 5.41) is 13.9. The van der Waals surface area contributed by atoms with Gasteiger partial charge >= 0.3 is 5.69 Å². The van der Waals surface area contributed by atoms with Crippen LogP contribution in [0.25, 0.3) is 0 Å². The molecule has 0 saturated carbocycles. The molecule has 1 N–H and O–H groups in total. The largest absolute Gasteiger partial charge is 0.477 e. The lowest BCUT2D eigenvalue weighted by Crippen LogP contribution is -2.28. The molecular weight excluding hydrogens is 390 g/mol. The Morgan fingerprint density at radius 2 is 2.04 bits per heavy atom. The van der Waals surface area contributed by atoms with E-state index in [1.54, 1.807) is 12.1 Å². The van der Waals surface area contributed by atoms with Crippen LogP contribution in [-0.2, 0) is 21.4 Å². The van der Waals surface area contributed by atoms with Gasteiger partial charge in [-0.3, -0.25) is 14.9 Å². The minimum absolute atomic E-state index is 0.157. The van der Waals surface area contributed by atoms with Crippen LogP contribution in [-0.4, -0.2) is 43.2 Å². The number of amides is 1. The summed E-state index contributed by atoms with van der Waals surface area (Å²) in [6.07, 6.45) is 2.99. The van der Waals surface area contributed by atoms with E-state index in [2.05, 4.69) is 5.32 Å². The molecule has 1 aliphatic heterocycles. The van der Waals surface area contributed by atoms with E-state index in [9.17, 15) is 23.3 Å². The summed E-state index contributed by atoms with van der Waals surface area (Å²) in [6, 6.07) is 6.77. The molecule has 10 nitrogen and oxygen atoms in total. The molecule has 1 saturated heterocycles. The van der Waals surface area contributed by atoms with Crippen LogP contribution in [0.5, 0.6) is 5.75 Å². The predicted octanol–water partition coefficient (Wildman–Crippen LogP) is 1.67. The highest BCUT2D eigenvalue weighted by Crippen LogP contribution is 2.31. The van der Waals surface area contributed by atoms with E-state index in [1.165, 1.54) is 22.7 Å². The van der Waals surface area contributed by atoms with Crippen LogP contribution in [0.1, 0.15) is 18.6 Å². The van der Waals surface area contributed by atoms with Crippen LogP contribution in [0.2, 0.25) is 0 Å². The topological polar surface area (TPSA) is 132 Å². The summed E-state index contributed by atoms with van der Waals surface area (Å²) in [4.78, 5) is 22.3. The Morgan fingerprint density at radius 1 is 1.29 bits per heavy atom. The van der Waals surface area contributed by atoms with Gasteiger partial charge in [0.1, 0.15) is 5.76 Å². The third-order valence-electron chi connectivity index (χ3n) is 4.23. The molecule has 2 aromatic rings. The summed E-state index contributed by atoms with van der Waals surface area (Å²) >= 11 is 0. The second-order valence-electron chi connectivity index (χ2n) is 6.14. The second-order valence-corrected chi connectivity index (χ2v) is 8.08. The molecule has 0 bridgehead atoms. The summed E-state index contributed by atoms with van der Waals surface area (Å²) in [7, 11) is -3.79. The van der Waals surface area contributed by atoms with Gasteiger partial charge in [0.2, 0.25) is 10.0 Å². The van der Waals surface area contributed by atoms with Crippen LogP contribution >= 0.6 is 0 Å². The summed E-state index contributed by atoms with van der Waals surface area (Å²) in [5.41, 5.74) is -0.515. The van der Waals surface area contributed by atoms with Crippen LogP contribution in [0.3, 0.4) is 0 Å². The normalized spacial score (nSPS) is 14.7. The van der Waals surface area contributed by atoms with Gasteiger partial charge in [-0.2, -0.15) is 4.31 Å². The van der Waals surface area contributed by atoms with Crippen LogP contribution in [0, 0.1) is 10.1 Å². The first-order chi connectivity index (χ1) is 13.4. The fourth-order valence-corrected chi connectivity index (χ4v) is 4.33. The maximum atomic E-state index is 12.6. The van der Waals surface area contributed by atoms with Gasteiger partial charge in [-0.15, -0.1) is 0 Å². The van der Waals surface area contributed by atoms with Crippen LogP contribution < -0.4 is 10.1 Å². The monoisotopic (exact) mass is 409 g/mol. The zero-order valence-electron chi connectivity index (χ0n) is 14.9. The van der Waals surface area contributed by atoms with Crippen molar-refractivity contribution in [2.75, 3.05) is 19.7 Å². The van der Waals surface area contributed by atoms with Gasteiger partial charge in [0, 0.05) is 19.2 Å². The lowest BCUT2D eigenvalue weighted by atomic mass is 10.3. The Balaban J connectivity index is 1.69. The molecule has 0 spiro atoms. The fourth-order valence-electron chi connectivity index (χ4n) is 2.79. The van der Waals surface area contributed by atoms with Crippen molar-refractivity contribution < 1.29 is 27.3 Å². The smallest absolute Gasteiger partial charge is 0.312 e. The standard InChI is InChI=1S/C17H19N3O7S/c21-17(18-11-13-4-3-9-26-13)12-27-16-6-5-14(10-15(16)20(22)23)28(24,25)19-7-1-2-8-19/h3-6,9-10H,1-2,7-8,11-12H2,(H,18,21). The van der Waals surface area contributed by atoms with Crippen molar-refractivity contribution in [1.29, 1.82) is 0 Å². The van der Waals surface area contributed by atoms with E-state index in [4.69, 9.17) is 9.15 Å². The SMILES string of the molecule is O=C(COc1ccc(S(=O)(=O)N2CCCC2)cc1[N+](=O)[O-])NCc1ccco1. The molecule has 1 aliphatic rings. The molecule has 11 heteroatoms. The lowest BCUT2D eigenvalue weighted by Gasteiger charge is -2.15. The van der Waals surface area contributed by atoms with E-state index in [1.807, 2.05) is 0 Å². The van der Waals surface area contributed by atoms with E-state index >= 15 is 0 Å². The van der Waals surface area contributed by atoms with Gasteiger partial charge in [0.25, 0.3) is 5.91 Å². The summed E-state index contributed by atoms with van der Waals surface area (Å²) < 4.78 is 36.8. The average Bonchev–Trinajstić information content (AvgIpc) is 3.38. The Kier molecular flexibility index (Phi) is 5.95. The summed E-state index contributed by atoms with van der Waals surface area (Å²) in [5.74, 6) is -0.131. The molecule has 0 aliphatic carbocycles. The number of furan rings is 1. The molecule has 0 atom stereocenters. The number of nitro benzene ring substituents is 1. The van der Waals surface area contributed by atoms with E-state index in [0.29, 0.717) is 18.8 Å². The molecule has 1 aromatic carbocycles. The molecule has 0 unspecified atom stereocenters. The number of hydrogen-bond donors (Lipinski definition) is 1. The number of hydrogen-bond acceptors (Lipinski definition) is 7. The molecule has 0 radical (unpaired) electrons. The van der Waals surface area contributed by atoms with Gasteiger partial charge in [0.15, 0.2) is 12.4 Å². The Hall–Kier alpha value is -2.92. The average molecular weight is 409 g/mol. The maximum absolute atomic E-state index is 12.6. The molecule has 1 aromatic heterocycles. The minimum atomic E-state index is -3.79. The van der Waals surface area contributed by atoms with Crippen molar-refractivity contribution >= 4 is 21.6 Å². The van der Waals surface area contributed by atoms with E-state index in [0.717, 1.165) is 18.9 Å². The highest BCUT2D eigenvalue weighted by Gasteiger charge is 2.30. The second kappa shape index (κ2) is 8.40. The first kappa shape index (κ1) is 19.8. The maximum Gasteiger partial charge on any atom is 0.312 e. The number of carbonyl (C=O) groups excluding carboxylic acids is 1. The van der Waals surface area contributed by atoms with Crippen molar-refractivity contribution in [2.45, 2.75) is 24.3 Å². The molecule has 3 rings (SSSR count). The number of nitro groups is 1. The highest BCUT2D eigenvalue weighted by atomic mass is 32.2. The van der Waals surface area contributed by atoms with Crippen molar-refractivity contribution in [2.24, 2.45) is 0 Å². The molecule has 1 amide bonds. The predicted molar refractivity (Wildman–Crippen MR) is 97.1 cm³/mol. The van der Waals surface area contributed by atoms with Crippen LogP contribution in [0.15, 0.2) is 45.9 Å². The molecular formula is C17H19N3O7S. The number of benzene rings is 1. The highest BCUT2D eigenvalue weighted by molar-refractivity contribution is 7.89. The number of carbonyl (C=O) groups is 1. The zero-order valence-corrected chi connectivity index (χ0v) is 15.7. The number of nitrogens with zero attached hydrogens (tertiary/aromatic N) is 2. The third-order valence-corrected chi connectivity index (χ3v) is 6.12.